The molecule has 4 N–H and O–H groups in total. The fourth-order valence-corrected chi connectivity index (χ4v) is 3.08. The van der Waals surface area contributed by atoms with Crippen LogP contribution < -0.4 is 21.1 Å². The van der Waals surface area contributed by atoms with Crippen molar-refractivity contribution in [2.24, 2.45) is 5.73 Å². The van der Waals surface area contributed by atoms with Gasteiger partial charge >= 0.3 is 0 Å². The van der Waals surface area contributed by atoms with Crippen molar-refractivity contribution in [3.05, 3.63) is 48.0 Å². The minimum Gasteiger partial charge on any atom is -0.482 e. The van der Waals surface area contributed by atoms with Crippen molar-refractivity contribution >= 4 is 40.9 Å². The summed E-state index contributed by atoms with van der Waals surface area (Å²) in [6.07, 6.45) is 0. The van der Waals surface area contributed by atoms with Gasteiger partial charge in [0.1, 0.15) is 5.75 Å². The van der Waals surface area contributed by atoms with Crippen LogP contribution in [-0.2, 0) is 9.59 Å². The molecule has 0 aromatic heterocycles. The molecule has 0 atom stereocenters. The van der Waals surface area contributed by atoms with Gasteiger partial charge in [-0.2, -0.15) is 0 Å². The maximum atomic E-state index is 12.6. The van der Waals surface area contributed by atoms with E-state index in [1.54, 1.807) is 42.5 Å². The number of fused-ring (bicyclic) bond motifs is 1. The molecular weight excluding hydrogens is 342 g/mol. The highest BCUT2D eigenvalue weighted by Gasteiger charge is 2.17. The lowest BCUT2D eigenvalue weighted by Crippen LogP contribution is -2.25. The third-order valence-electron chi connectivity index (χ3n) is 3.37. The summed E-state index contributed by atoms with van der Waals surface area (Å²) >= 11 is 1.20. The van der Waals surface area contributed by atoms with Crippen LogP contribution in [0, 0.1) is 0 Å². The van der Waals surface area contributed by atoms with Gasteiger partial charge < -0.3 is 21.1 Å². The van der Waals surface area contributed by atoms with E-state index in [2.05, 4.69) is 10.6 Å². The number of nitrogens with two attached hydrogens (primary N) is 1. The van der Waals surface area contributed by atoms with E-state index in [1.807, 2.05) is 0 Å². The Hall–Kier alpha value is -3.00. The van der Waals surface area contributed by atoms with Gasteiger partial charge in [-0.15, -0.1) is 11.8 Å². The van der Waals surface area contributed by atoms with Gasteiger partial charge in [0.25, 0.3) is 11.8 Å². The zero-order valence-corrected chi connectivity index (χ0v) is 13.9. The summed E-state index contributed by atoms with van der Waals surface area (Å²) in [5, 5.41) is 5.46. The maximum Gasteiger partial charge on any atom is 0.262 e. The fraction of sp³-hybridized carbons (Fsp3) is 0.118. The third-order valence-corrected chi connectivity index (χ3v) is 4.47. The molecule has 0 fully saturated rings. The normalized spacial score (nSPS) is 12.6. The molecule has 0 aliphatic carbocycles. The Bertz CT molecular complexity index is 854. The van der Waals surface area contributed by atoms with Crippen LogP contribution in [0.5, 0.6) is 5.75 Å². The topological polar surface area (TPSA) is 111 Å². The molecule has 0 saturated heterocycles. The molecule has 3 amide bonds. The largest absolute Gasteiger partial charge is 0.482 e. The molecule has 1 aliphatic heterocycles. The number of anilines is 2. The van der Waals surface area contributed by atoms with E-state index in [9.17, 15) is 14.4 Å². The van der Waals surface area contributed by atoms with E-state index in [0.29, 0.717) is 27.6 Å². The fourth-order valence-electron chi connectivity index (χ4n) is 2.29. The van der Waals surface area contributed by atoms with Gasteiger partial charge in [0.2, 0.25) is 5.91 Å². The van der Waals surface area contributed by atoms with E-state index < -0.39 is 5.91 Å². The van der Waals surface area contributed by atoms with Crippen LogP contribution in [0.3, 0.4) is 0 Å². The lowest BCUT2D eigenvalue weighted by molar-refractivity contribution is -0.118. The Kier molecular flexibility index (Phi) is 4.90. The van der Waals surface area contributed by atoms with Crippen molar-refractivity contribution in [2.45, 2.75) is 4.90 Å². The molecule has 128 valence electrons. The number of ether oxygens (including phenoxy) is 1. The summed E-state index contributed by atoms with van der Waals surface area (Å²) < 4.78 is 5.28. The molecule has 8 heteroatoms. The van der Waals surface area contributed by atoms with Gasteiger partial charge in [-0.05, 0) is 30.3 Å². The predicted octanol–water partition coefficient (Wildman–Crippen LogP) is 1.85. The van der Waals surface area contributed by atoms with Crippen LogP contribution in [0.2, 0.25) is 0 Å². The first-order valence-electron chi connectivity index (χ1n) is 7.41. The monoisotopic (exact) mass is 357 g/mol. The Morgan fingerprint density at radius 3 is 2.84 bits per heavy atom. The Morgan fingerprint density at radius 2 is 2.04 bits per heavy atom. The van der Waals surface area contributed by atoms with E-state index in [1.165, 1.54) is 11.8 Å². The molecule has 2 aromatic rings. The second kappa shape index (κ2) is 7.27. The van der Waals surface area contributed by atoms with Gasteiger partial charge in [0.05, 0.1) is 17.0 Å². The van der Waals surface area contributed by atoms with Crippen molar-refractivity contribution < 1.29 is 19.1 Å². The zero-order chi connectivity index (χ0) is 17.8. The smallest absolute Gasteiger partial charge is 0.262 e. The molecule has 1 aliphatic rings. The van der Waals surface area contributed by atoms with Crippen LogP contribution in [0.1, 0.15) is 10.4 Å². The van der Waals surface area contributed by atoms with Gasteiger partial charge in [-0.3, -0.25) is 14.4 Å². The molecule has 7 nitrogen and oxygen atoms in total. The first-order valence-corrected chi connectivity index (χ1v) is 8.39. The average molecular weight is 357 g/mol. The van der Waals surface area contributed by atoms with Crippen LogP contribution in [0.25, 0.3) is 0 Å². The van der Waals surface area contributed by atoms with Gasteiger partial charge in [-0.1, -0.05) is 12.1 Å². The second-order valence-electron chi connectivity index (χ2n) is 5.25. The highest BCUT2D eigenvalue weighted by molar-refractivity contribution is 8.00. The molecule has 3 rings (SSSR count). The molecule has 1 heterocycles. The van der Waals surface area contributed by atoms with Crippen LogP contribution in [0.4, 0.5) is 11.4 Å². The Balaban J connectivity index is 1.78. The van der Waals surface area contributed by atoms with E-state index in [0.717, 1.165) is 0 Å². The summed E-state index contributed by atoms with van der Waals surface area (Å²) in [6, 6.07) is 11.9. The summed E-state index contributed by atoms with van der Waals surface area (Å²) in [7, 11) is 0. The third kappa shape index (κ3) is 4.10. The van der Waals surface area contributed by atoms with Crippen molar-refractivity contribution in [3.8, 4) is 5.75 Å². The molecule has 0 unspecified atom stereocenters. The van der Waals surface area contributed by atoms with Crippen molar-refractivity contribution in [1.29, 1.82) is 0 Å². The minimum absolute atomic E-state index is 0.0246. The highest BCUT2D eigenvalue weighted by Crippen LogP contribution is 2.31. The lowest BCUT2D eigenvalue weighted by Gasteiger charge is -2.18. The van der Waals surface area contributed by atoms with Gasteiger partial charge in [0, 0.05) is 10.6 Å². The molecule has 0 spiro atoms. The number of rotatable bonds is 5. The molecule has 0 saturated carbocycles. The summed E-state index contributed by atoms with van der Waals surface area (Å²) in [5.74, 6) is -0.382. The summed E-state index contributed by atoms with van der Waals surface area (Å²) in [4.78, 5) is 35.6. The standard InChI is InChI=1S/C17H15N3O4S/c18-15(21)9-25-14-4-2-1-3-11(14)17(23)19-10-5-6-13-12(7-10)20-16(22)8-24-13/h1-7H,8-9H2,(H2,18,21)(H,19,23)(H,20,22). The summed E-state index contributed by atoms with van der Waals surface area (Å²) in [5.41, 5.74) is 6.62. The van der Waals surface area contributed by atoms with Crippen molar-refractivity contribution in [1.82, 2.24) is 0 Å². The number of amides is 3. The predicted molar refractivity (Wildman–Crippen MR) is 94.9 cm³/mol. The SMILES string of the molecule is NC(=O)CSc1ccccc1C(=O)Nc1ccc2c(c1)NC(=O)CO2. The van der Waals surface area contributed by atoms with Gasteiger partial charge in [0.15, 0.2) is 6.61 Å². The lowest BCUT2D eigenvalue weighted by atomic mass is 10.2. The zero-order valence-electron chi connectivity index (χ0n) is 13.1. The van der Waals surface area contributed by atoms with E-state index in [4.69, 9.17) is 10.5 Å². The van der Waals surface area contributed by atoms with Crippen LogP contribution in [-0.4, -0.2) is 30.1 Å². The number of carbonyl (C=O) groups excluding carboxylic acids is 3. The molecular formula is C17H15N3O4S. The minimum atomic E-state index is -0.453. The van der Waals surface area contributed by atoms with Crippen molar-refractivity contribution in [3.63, 3.8) is 0 Å². The highest BCUT2D eigenvalue weighted by atomic mass is 32.2. The second-order valence-corrected chi connectivity index (χ2v) is 6.27. The number of benzene rings is 2. The first-order chi connectivity index (χ1) is 12.0. The van der Waals surface area contributed by atoms with Crippen molar-refractivity contribution in [2.75, 3.05) is 23.0 Å². The molecule has 0 bridgehead atoms. The molecule has 0 radical (unpaired) electrons. The number of hydrogen-bond donors (Lipinski definition) is 3. The van der Waals surface area contributed by atoms with Crippen LogP contribution >= 0.6 is 11.8 Å². The number of primary amides is 1. The quantitative estimate of drug-likeness (QED) is 0.707. The van der Waals surface area contributed by atoms with E-state index in [-0.39, 0.29) is 24.2 Å². The van der Waals surface area contributed by atoms with Gasteiger partial charge in [-0.25, -0.2) is 0 Å². The number of hydrogen-bond acceptors (Lipinski definition) is 5. The first kappa shape index (κ1) is 16.8. The average Bonchev–Trinajstić information content (AvgIpc) is 2.59. The Labute approximate surface area is 147 Å². The number of nitrogens with one attached hydrogen (secondary N) is 2. The number of thioether (sulfide) groups is 1. The molecule has 25 heavy (non-hydrogen) atoms. The maximum absolute atomic E-state index is 12.6. The van der Waals surface area contributed by atoms with Crippen LogP contribution in [0.15, 0.2) is 47.4 Å². The Morgan fingerprint density at radius 1 is 1.24 bits per heavy atom. The molecule has 2 aromatic carbocycles. The number of carbonyl (C=O) groups is 3. The van der Waals surface area contributed by atoms with E-state index >= 15 is 0 Å². The summed E-state index contributed by atoms with van der Waals surface area (Å²) in [6.45, 7) is -0.0246.